The molecule has 2 N–H and O–H groups in total. The maximum Gasteiger partial charge on any atom is 0.416 e. The molecule has 0 aliphatic heterocycles. The molecule has 0 radical (unpaired) electrons. The van der Waals surface area contributed by atoms with Crippen LogP contribution < -0.4 is 15.5 Å². The van der Waals surface area contributed by atoms with Crippen LogP contribution in [-0.2, 0) is 15.8 Å². The van der Waals surface area contributed by atoms with E-state index in [0.29, 0.717) is 5.56 Å². The first kappa shape index (κ1) is 25.6. The van der Waals surface area contributed by atoms with Crippen LogP contribution in [0.5, 0.6) is 5.75 Å². The molecule has 3 aromatic rings. The molecule has 0 fully saturated rings. The normalized spacial score (nSPS) is 11.1. The molecule has 0 aromatic heterocycles. The van der Waals surface area contributed by atoms with Crippen molar-refractivity contribution in [3.8, 4) is 5.75 Å². The third kappa shape index (κ3) is 6.72. The molecule has 3 rings (SSSR count). The van der Waals surface area contributed by atoms with Gasteiger partial charge in [-0.3, -0.25) is 19.7 Å². The van der Waals surface area contributed by atoms with E-state index in [-0.39, 0.29) is 17.0 Å². The van der Waals surface area contributed by atoms with E-state index in [9.17, 15) is 37.7 Å². The summed E-state index contributed by atoms with van der Waals surface area (Å²) >= 11 is 0. The third-order valence-electron chi connectivity index (χ3n) is 4.47. The molecule has 0 saturated heterocycles. The summed E-state index contributed by atoms with van der Waals surface area (Å²) in [6, 6.07) is 14.5. The summed E-state index contributed by atoms with van der Waals surface area (Å²) in [7, 11) is 0. The first-order chi connectivity index (χ1) is 17.0. The Labute approximate surface area is 200 Å². The average molecular weight is 500 g/mol. The highest BCUT2D eigenvalue weighted by Gasteiger charge is 2.30. The Balaban J connectivity index is 1.53. The van der Waals surface area contributed by atoms with E-state index in [4.69, 9.17) is 4.74 Å². The summed E-state index contributed by atoms with van der Waals surface area (Å²) in [6.45, 7) is 0. The number of carbonyl (C=O) groups excluding carboxylic acids is 3. The fourth-order valence-electron chi connectivity index (χ4n) is 2.74. The topological polar surface area (TPSA) is 140 Å². The highest BCUT2D eigenvalue weighted by Crippen LogP contribution is 2.29. The second kappa shape index (κ2) is 10.9. The van der Waals surface area contributed by atoms with Crippen molar-refractivity contribution in [3.63, 3.8) is 0 Å². The number of hydrogen-bond donors (Lipinski definition) is 2. The third-order valence-corrected chi connectivity index (χ3v) is 4.47. The summed E-state index contributed by atoms with van der Waals surface area (Å²) in [5.41, 5.74) is 0.858. The minimum Gasteiger partial charge on any atom is -0.423 e. The number of rotatable bonds is 6. The van der Waals surface area contributed by atoms with Crippen molar-refractivity contribution in [2.24, 2.45) is 5.10 Å². The summed E-state index contributed by atoms with van der Waals surface area (Å²) < 4.78 is 42.8. The molecule has 10 nitrogen and oxygen atoms in total. The molecule has 0 saturated carbocycles. The van der Waals surface area contributed by atoms with E-state index < -0.39 is 40.1 Å². The lowest BCUT2D eigenvalue weighted by atomic mass is 10.2. The van der Waals surface area contributed by atoms with Crippen LogP contribution in [0.25, 0.3) is 0 Å². The Hall–Kier alpha value is -5.07. The number of nitro groups is 1. The first-order valence-electron chi connectivity index (χ1n) is 9.92. The molecule has 3 aromatic carbocycles. The Kier molecular flexibility index (Phi) is 7.74. The van der Waals surface area contributed by atoms with Gasteiger partial charge in [-0.2, -0.15) is 18.3 Å². The van der Waals surface area contributed by atoms with E-state index in [0.717, 1.165) is 24.3 Å². The first-order valence-corrected chi connectivity index (χ1v) is 9.92. The van der Waals surface area contributed by atoms with Gasteiger partial charge in [0.25, 0.3) is 5.69 Å². The van der Waals surface area contributed by atoms with Gasteiger partial charge in [-0.1, -0.05) is 12.1 Å². The Morgan fingerprint density at radius 1 is 0.917 bits per heavy atom. The van der Waals surface area contributed by atoms with Gasteiger partial charge < -0.3 is 10.1 Å². The van der Waals surface area contributed by atoms with Crippen molar-refractivity contribution < 1.29 is 37.2 Å². The van der Waals surface area contributed by atoms with Crippen molar-refractivity contribution in [1.82, 2.24) is 5.43 Å². The second-order valence-corrected chi connectivity index (χ2v) is 6.96. The van der Waals surface area contributed by atoms with Gasteiger partial charge in [-0.05, 0) is 60.2 Å². The molecular formula is C23H15F3N4O6. The molecule has 0 unspecified atom stereocenters. The number of halogens is 3. The predicted molar refractivity (Wildman–Crippen MR) is 120 cm³/mol. The van der Waals surface area contributed by atoms with Crippen molar-refractivity contribution in [2.75, 3.05) is 5.32 Å². The van der Waals surface area contributed by atoms with Gasteiger partial charge in [0, 0.05) is 11.8 Å². The summed E-state index contributed by atoms with van der Waals surface area (Å²) in [5, 5.41) is 16.8. The van der Waals surface area contributed by atoms with E-state index in [2.05, 4.69) is 10.4 Å². The zero-order valence-electron chi connectivity index (χ0n) is 18.0. The number of esters is 1. The van der Waals surface area contributed by atoms with Crippen LogP contribution in [0.15, 0.2) is 77.9 Å². The monoisotopic (exact) mass is 500 g/mol. The fourth-order valence-corrected chi connectivity index (χ4v) is 2.74. The number of nitrogens with zero attached hydrogens (tertiary/aromatic N) is 2. The average Bonchev–Trinajstić information content (AvgIpc) is 2.84. The summed E-state index contributed by atoms with van der Waals surface area (Å²) in [4.78, 5) is 46.3. The largest absolute Gasteiger partial charge is 0.423 e. The van der Waals surface area contributed by atoms with Crippen LogP contribution in [-0.4, -0.2) is 28.9 Å². The molecule has 0 aliphatic rings. The van der Waals surface area contributed by atoms with Crippen LogP contribution >= 0.6 is 0 Å². The fraction of sp³-hybridized carbons (Fsp3) is 0.0435. The van der Waals surface area contributed by atoms with E-state index in [1.807, 2.05) is 5.43 Å². The van der Waals surface area contributed by atoms with E-state index >= 15 is 0 Å². The number of carbonyl (C=O) groups is 3. The Bertz CT molecular complexity index is 1320. The van der Waals surface area contributed by atoms with Crippen LogP contribution in [0.4, 0.5) is 24.5 Å². The molecule has 2 amide bonds. The number of benzene rings is 3. The second-order valence-electron chi connectivity index (χ2n) is 6.96. The van der Waals surface area contributed by atoms with Gasteiger partial charge in [0.15, 0.2) is 0 Å². The predicted octanol–water partition coefficient (Wildman–Crippen LogP) is 3.92. The van der Waals surface area contributed by atoms with Crippen molar-refractivity contribution in [1.29, 1.82) is 0 Å². The Morgan fingerprint density at radius 2 is 1.56 bits per heavy atom. The van der Waals surface area contributed by atoms with Crippen molar-refractivity contribution in [2.45, 2.75) is 6.18 Å². The SMILES string of the molecule is O=C(N/N=C/c1ccc(OC(=O)c2ccccc2[N+](=O)[O-])cc1)C(=O)Nc1ccc(C(F)(F)F)cc1. The number of nitrogens with one attached hydrogen (secondary N) is 2. The number of para-hydroxylation sites is 1. The lowest BCUT2D eigenvalue weighted by Crippen LogP contribution is -2.32. The van der Waals surface area contributed by atoms with Gasteiger partial charge in [-0.15, -0.1) is 0 Å². The van der Waals surface area contributed by atoms with Gasteiger partial charge in [0.1, 0.15) is 11.3 Å². The molecule has 0 atom stereocenters. The molecular weight excluding hydrogens is 485 g/mol. The van der Waals surface area contributed by atoms with Crippen LogP contribution in [0.3, 0.4) is 0 Å². The molecule has 0 heterocycles. The lowest BCUT2D eigenvalue weighted by Gasteiger charge is -2.08. The molecule has 0 aliphatic carbocycles. The molecule has 36 heavy (non-hydrogen) atoms. The summed E-state index contributed by atoms with van der Waals surface area (Å²) in [6.07, 6.45) is -3.35. The maximum atomic E-state index is 12.6. The maximum absolute atomic E-state index is 12.6. The molecule has 0 spiro atoms. The highest BCUT2D eigenvalue weighted by molar-refractivity contribution is 6.39. The van der Waals surface area contributed by atoms with E-state index in [1.54, 1.807) is 0 Å². The number of nitro benzene ring substituents is 1. The molecule has 0 bridgehead atoms. The smallest absolute Gasteiger partial charge is 0.416 e. The van der Waals surface area contributed by atoms with Gasteiger partial charge in [0.05, 0.1) is 16.7 Å². The van der Waals surface area contributed by atoms with Gasteiger partial charge in [-0.25, -0.2) is 10.2 Å². The van der Waals surface area contributed by atoms with Crippen LogP contribution in [0.2, 0.25) is 0 Å². The van der Waals surface area contributed by atoms with Crippen molar-refractivity contribution in [3.05, 3.63) is 99.6 Å². The summed E-state index contributed by atoms with van der Waals surface area (Å²) in [5.74, 6) is -3.14. The van der Waals surface area contributed by atoms with Gasteiger partial charge >= 0.3 is 24.0 Å². The zero-order chi connectivity index (χ0) is 26.3. The minimum atomic E-state index is -4.53. The zero-order valence-corrected chi connectivity index (χ0v) is 18.0. The number of amides is 2. The standard InChI is InChI=1S/C23H15F3N4O6/c24-23(25,26)15-7-9-16(10-8-15)28-20(31)21(32)29-27-13-14-5-11-17(12-6-14)36-22(33)18-3-1-2-4-19(18)30(34)35/h1-13H,(H,28,31)(H,29,32)/b27-13+. The number of hydrazone groups is 1. The van der Waals surface area contributed by atoms with Gasteiger partial charge in [0.2, 0.25) is 0 Å². The van der Waals surface area contributed by atoms with Crippen molar-refractivity contribution >= 4 is 35.4 Å². The number of ether oxygens (including phenoxy) is 1. The Morgan fingerprint density at radius 3 is 2.17 bits per heavy atom. The number of anilines is 1. The highest BCUT2D eigenvalue weighted by atomic mass is 19.4. The van der Waals surface area contributed by atoms with Crippen LogP contribution in [0, 0.1) is 10.1 Å². The van der Waals surface area contributed by atoms with Crippen LogP contribution in [0.1, 0.15) is 21.5 Å². The van der Waals surface area contributed by atoms with E-state index in [1.165, 1.54) is 54.7 Å². The minimum absolute atomic E-state index is 0.0156. The molecule has 13 heteroatoms. The molecule has 184 valence electrons. The lowest BCUT2D eigenvalue weighted by molar-refractivity contribution is -0.385. The number of alkyl halides is 3. The number of hydrogen-bond acceptors (Lipinski definition) is 7. The quantitative estimate of drug-likeness (QED) is 0.131.